The van der Waals surface area contributed by atoms with Crippen molar-refractivity contribution in [3.05, 3.63) is 64.7 Å². The van der Waals surface area contributed by atoms with Crippen LogP contribution in [-0.2, 0) is 30.5 Å². The van der Waals surface area contributed by atoms with E-state index >= 15 is 0 Å². The number of carboxylic acid groups (broad SMARTS) is 1. The van der Waals surface area contributed by atoms with E-state index in [4.69, 9.17) is 14.2 Å². The third kappa shape index (κ3) is 9.99. The van der Waals surface area contributed by atoms with Crippen LogP contribution in [-0.4, -0.2) is 88.2 Å². The van der Waals surface area contributed by atoms with E-state index in [1.165, 1.54) is 0 Å². The molecule has 2 aromatic rings. The van der Waals surface area contributed by atoms with Crippen molar-refractivity contribution in [2.24, 2.45) is 0 Å². The van der Waals surface area contributed by atoms with E-state index < -0.39 is 69.3 Å². The fourth-order valence-corrected chi connectivity index (χ4v) is 8.29. The molecule has 4 rings (SSSR count). The molecule has 2 heterocycles. The number of amides is 2. The van der Waals surface area contributed by atoms with Crippen LogP contribution >= 0.6 is 0 Å². The number of hydrogen-bond acceptors (Lipinski definition) is 9. The summed E-state index contributed by atoms with van der Waals surface area (Å²) in [7, 11) is -3.07. The van der Waals surface area contributed by atoms with E-state index in [2.05, 4.69) is 72.7 Å². The average molecular weight is 741 g/mol. The minimum atomic E-state index is -1.70. The van der Waals surface area contributed by atoms with Crippen molar-refractivity contribution >= 4 is 40.1 Å². The van der Waals surface area contributed by atoms with E-state index in [0.29, 0.717) is 17.9 Å². The lowest BCUT2D eigenvalue weighted by Crippen LogP contribution is -2.68. The predicted molar refractivity (Wildman–Crippen MR) is 201 cm³/mol. The van der Waals surface area contributed by atoms with Gasteiger partial charge in [0, 0.05) is 28.6 Å². The van der Waals surface area contributed by atoms with Gasteiger partial charge < -0.3 is 30.0 Å². The van der Waals surface area contributed by atoms with Crippen molar-refractivity contribution in [2.75, 3.05) is 19.8 Å². The summed E-state index contributed by atoms with van der Waals surface area (Å²) in [5.41, 5.74) is 0.713. The molecule has 51 heavy (non-hydrogen) atoms. The Morgan fingerprint density at radius 2 is 1.55 bits per heavy atom. The first kappa shape index (κ1) is 40.1. The van der Waals surface area contributed by atoms with Crippen LogP contribution in [0.5, 0.6) is 5.75 Å². The standard InChI is InChI=1S/C37H56N4O8Si2/c1-24-10-11-25(2)27(22-24)23-49-28-14-12-26(13-15-28)29(37(41-35(45)46)16-17-38-34(37)44)36(3)30(32(42)47-18-20-50(4,5)6)39-31(40-36)33(43)48-19-21-51(7,8)9/h10-15,22,29-31,39-41H,16-21,23H2,1-9H3,(H,38,44)(H,45,46). The maximum Gasteiger partial charge on any atom is 0.405 e. The van der Waals surface area contributed by atoms with Gasteiger partial charge in [-0.05, 0) is 68.1 Å². The smallest absolute Gasteiger partial charge is 0.405 e. The van der Waals surface area contributed by atoms with E-state index in [1.54, 1.807) is 31.2 Å². The highest BCUT2D eigenvalue weighted by Gasteiger charge is 2.64. The summed E-state index contributed by atoms with van der Waals surface area (Å²) in [6, 6.07) is 13.6. The average Bonchev–Trinajstić information content (AvgIpc) is 3.56. The van der Waals surface area contributed by atoms with Crippen molar-refractivity contribution in [1.29, 1.82) is 0 Å². The molecular weight excluding hydrogens is 685 g/mol. The van der Waals surface area contributed by atoms with Crippen molar-refractivity contribution < 1.29 is 38.5 Å². The molecule has 0 saturated carbocycles. The Balaban J connectivity index is 1.75. The Kier molecular flexibility index (Phi) is 12.5. The summed E-state index contributed by atoms with van der Waals surface area (Å²) in [5, 5.41) is 21.9. The molecule has 2 amide bonds. The van der Waals surface area contributed by atoms with Gasteiger partial charge in [-0.25, -0.2) is 9.59 Å². The minimum Gasteiger partial charge on any atom is -0.489 e. The van der Waals surface area contributed by atoms with Gasteiger partial charge in [0.15, 0.2) is 6.17 Å². The second-order valence-corrected chi connectivity index (χ2v) is 27.8. The fourth-order valence-electron chi connectivity index (χ4n) is 6.87. The summed E-state index contributed by atoms with van der Waals surface area (Å²) in [6.45, 7) is 19.9. The second kappa shape index (κ2) is 15.9. The van der Waals surface area contributed by atoms with Crippen LogP contribution in [0, 0.1) is 13.8 Å². The van der Waals surface area contributed by atoms with Gasteiger partial charge in [-0.3, -0.25) is 20.2 Å². The molecule has 2 aliphatic heterocycles. The normalized spacial score (nSPS) is 24.1. The molecule has 5 atom stereocenters. The van der Waals surface area contributed by atoms with E-state index in [0.717, 1.165) is 28.8 Å². The van der Waals surface area contributed by atoms with Gasteiger partial charge >= 0.3 is 18.0 Å². The molecule has 0 bridgehead atoms. The molecule has 2 saturated heterocycles. The highest BCUT2D eigenvalue weighted by Crippen LogP contribution is 2.46. The summed E-state index contributed by atoms with van der Waals surface area (Å²) in [6.07, 6.45) is -2.41. The maximum atomic E-state index is 14.0. The minimum absolute atomic E-state index is 0.105. The molecule has 2 fully saturated rings. The van der Waals surface area contributed by atoms with Gasteiger partial charge in [0.25, 0.3) is 0 Å². The molecule has 0 aliphatic carbocycles. The lowest BCUT2D eigenvalue weighted by molar-refractivity contribution is -0.148. The van der Waals surface area contributed by atoms with Crippen molar-refractivity contribution in [2.45, 2.75) is 114 Å². The molecule has 2 aliphatic rings. The number of carbonyl (C=O) groups is 4. The molecule has 0 spiro atoms. The zero-order valence-electron chi connectivity index (χ0n) is 31.5. The van der Waals surface area contributed by atoms with Gasteiger partial charge in [-0.15, -0.1) is 0 Å². The van der Waals surface area contributed by atoms with Gasteiger partial charge in [0.05, 0.1) is 18.8 Å². The first-order valence-corrected chi connectivity index (χ1v) is 25.1. The Morgan fingerprint density at radius 1 is 0.941 bits per heavy atom. The molecule has 2 aromatic carbocycles. The van der Waals surface area contributed by atoms with Gasteiger partial charge in [-0.2, -0.15) is 0 Å². The zero-order valence-corrected chi connectivity index (χ0v) is 33.5. The van der Waals surface area contributed by atoms with Crippen LogP contribution in [0.3, 0.4) is 0 Å². The Labute approximate surface area is 303 Å². The third-order valence-corrected chi connectivity index (χ3v) is 13.2. The zero-order chi connectivity index (χ0) is 37.8. The Bertz CT molecular complexity index is 1590. The topological polar surface area (TPSA) is 164 Å². The summed E-state index contributed by atoms with van der Waals surface area (Å²) in [5.74, 6) is -2.16. The van der Waals surface area contributed by atoms with E-state index in [1.807, 2.05) is 19.9 Å². The molecule has 280 valence electrons. The van der Waals surface area contributed by atoms with Crippen LogP contribution in [0.25, 0.3) is 0 Å². The fraction of sp³-hybridized carbons (Fsp3) is 0.568. The lowest BCUT2D eigenvalue weighted by atomic mass is 9.65. The first-order chi connectivity index (χ1) is 23.7. The van der Waals surface area contributed by atoms with E-state index in [-0.39, 0.29) is 26.2 Å². The number of benzene rings is 2. The van der Waals surface area contributed by atoms with Crippen molar-refractivity contribution in [1.82, 2.24) is 21.3 Å². The largest absolute Gasteiger partial charge is 0.489 e. The second-order valence-electron chi connectivity index (χ2n) is 16.5. The highest BCUT2D eigenvalue weighted by molar-refractivity contribution is 6.76. The number of hydrogen-bond donors (Lipinski definition) is 5. The quantitative estimate of drug-likeness (QED) is 0.125. The van der Waals surface area contributed by atoms with Crippen LogP contribution in [0.1, 0.15) is 41.5 Å². The number of nitrogens with one attached hydrogen (secondary N) is 4. The molecule has 0 aromatic heterocycles. The lowest BCUT2D eigenvalue weighted by Gasteiger charge is -2.46. The van der Waals surface area contributed by atoms with Crippen LogP contribution in [0.15, 0.2) is 42.5 Å². The molecule has 0 radical (unpaired) electrons. The van der Waals surface area contributed by atoms with Crippen molar-refractivity contribution in [3.63, 3.8) is 0 Å². The van der Waals surface area contributed by atoms with Crippen LogP contribution < -0.4 is 26.0 Å². The Morgan fingerprint density at radius 3 is 2.10 bits per heavy atom. The summed E-state index contributed by atoms with van der Waals surface area (Å²) < 4.78 is 17.7. The monoisotopic (exact) mass is 740 g/mol. The summed E-state index contributed by atoms with van der Waals surface area (Å²) >= 11 is 0. The molecule has 5 unspecified atom stereocenters. The highest BCUT2D eigenvalue weighted by atomic mass is 28.3. The number of rotatable bonds is 15. The number of carbonyl (C=O) groups excluding carboxylic acids is 3. The third-order valence-electron chi connectivity index (χ3n) is 9.80. The molecule has 5 N–H and O–H groups in total. The predicted octanol–water partition coefficient (Wildman–Crippen LogP) is 4.90. The van der Waals surface area contributed by atoms with Gasteiger partial charge in [0.1, 0.15) is 23.9 Å². The Hall–Kier alpha value is -3.73. The van der Waals surface area contributed by atoms with Crippen LogP contribution in [0.4, 0.5) is 4.79 Å². The molecule has 12 nitrogen and oxygen atoms in total. The molecule has 14 heteroatoms. The van der Waals surface area contributed by atoms with E-state index in [9.17, 15) is 24.3 Å². The molecular formula is C37H56N4O8Si2. The number of esters is 2. The maximum absolute atomic E-state index is 14.0. The summed E-state index contributed by atoms with van der Waals surface area (Å²) in [4.78, 5) is 53.8. The first-order valence-electron chi connectivity index (χ1n) is 17.7. The van der Waals surface area contributed by atoms with Gasteiger partial charge in [0.2, 0.25) is 5.91 Å². The van der Waals surface area contributed by atoms with Gasteiger partial charge in [-0.1, -0.05) is 75.2 Å². The van der Waals surface area contributed by atoms with Crippen molar-refractivity contribution in [3.8, 4) is 5.75 Å². The number of aryl methyl sites for hydroxylation is 2. The van der Waals surface area contributed by atoms with Crippen LogP contribution in [0.2, 0.25) is 51.4 Å². The SMILES string of the molecule is Cc1ccc(C)c(COc2ccc(C(C3(NC(=O)O)CCNC3=O)C3(C)NC(C(=O)OCC[Si](C)(C)C)NC3C(=O)OCC[Si](C)(C)C)cc2)c1. The number of ether oxygens (including phenoxy) is 3.